The van der Waals surface area contributed by atoms with Crippen LogP contribution in [0.4, 0.5) is 5.69 Å². The number of carboxylic acids is 1. The molecule has 28 heavy (non-hydrogen) atoms. The van der Waals surface area contributed by atoms with Crippen LogP contribution in [0, 0.1) is 6.92 Å². The van der Waals surface area contributed by atoms with E-state index in [1.54, 1.807) is 37.3 Å². The Kier molecular flexibility index (Phi) is 6.18. The number of aliphatic carboxylic acids is 1. The molecule has 3 rings (SSSR count). The molecule has 1 aliphatic carbocycles. The Labute approximate surface area is 172 Å². The van der Waals surface area contributed by atoms with Crippen molar-refractivity contribution >= 4 is 39.3 Å². The van der Waals surface area contributed by atoms with Crippen molar-refractivity contribution in [1.29, 1.82) is 0 Å². The molecule has 2 aromatic carbocycles. The Morgan fingerprint density at radius 3 is 2.50 bits per heavy atom. The van der Waals surface area contributed by atoms with Crippen LogP contribution in [-0.4, -0.2) is 35.5 Å². The van der Waals surface area contributed by atoms with E-state index in [0.29, 0.717) is 16.7 Å². The summed E-state index contributed by atoms with van der Waals surface area (Å²) in [5, 5.41) is 13.2. The van der Waals surface area contributed by atoms with E-state index in [4.69, 9.17) is 0 Å². The SMILES string of the molecule is Cc1ccc(N/N=C2\C(=O)C(C(=O)O)=Cc3ccccc32)c(S(=O)(=O)O)c1.[H+].[Ni]. The number of carbonyl (C=O) groups is 2. The maximum absolute atomic E-state index is 12.5. The van der Waals surface area contributed by atoms with Crippen LogP contribution in [0.15, 0.2) is 58.0 Å². The van der Waals surface area contributed by atoms with Gasteiger partial charge in [0.2, 0.25) is 5.78 Å². The van der Waals surface area contributed by atoms with Gasteiger partial charge in [-0.15, -0.1) is 0 Å². The molecule has 0 heterocycles. The standard InChI is InChI=1S/C18H14N2O6S.Ni/c1-10-6-7-14(15(8-10)27(24,25)26)19-20-16-12-5-3-2-4-11(12)9-13(17(16)21)18(22)23;/h2-9,19H,1H3,(H,22,23)(H,24,25,26);/p+1/b20-16-;. The average molecular weight is 446 g/mol. The molecule has 0 spiro atoms. The quantitative estimate of drug-likeness (QED) is 0.284. The summed E-state index contributed by atoms with van der Waals surface area (Å²) in [7, 11) is -4.53. The maximum Gasteiger partial charge on any atom is 1.00 e. The molecule has 0 saturated carbocycles. The summed E-state index contributed by atoms with van der Waals surface area (Å²) in [6, 6.07) is 10.8. The normalized spacial score (nSPS) is 14.7. The molecule has 8 nitrogen and oxygen atoms in total. The Hall–Kier alpha value is -2.81. The number of nitrogens with zero attached hydrogens (tertiary/aromatic N) is 1. The molecule has 0 saturated heterocycles. The van der Waals surface area contributed by atoms with Gasteiger partial charge in [-0.05, 0) is 36.3 Å². The fourth-order valence-corrected chi connectivity index (χ4v) is 3.36. The van der Waals surface area contributed by atoms with Crippen LogP contribution in [0.25, 0.3) is 6.08 Å². The fourth-order valence-electron chi connectivity index (χ4n) is 2.63. The molecule has 0 aliphatic heterocycles. The molecule has 0 unspecified atom stereocenters. The molecule has 0 atom stereocenters. The minimum absolute atomic E-state index is 0. The first-order valence-corrected chi connectivity index (χ1v) is 9.13. The Morgan fingerprint density at radius 2 is 1.86 bits per heavy atom. The molecule has 0 bridgehead atoms. The number of benzene rings is 2. The first-order chi connectivity index (χ1) is 12.7. The van der Waals surface area contributed by atoms with E-state index in [0.717, 1.165) is 0 Å². The van der Waals surface area contributed by atoms with Gasteiger partial charge in [0, 0.05) is 22.1 Å². The van der Waals surface area contributed by atoms with E-state index < -0.39 is 32.3 Å². The Morgan fingerprint density at radius 1 is 1.18 bits per heavy atom. The Balaban J connectivity index is 0.00000210. The third-order valence-electron chi connectivity index (χ3n) is 3.91. The second-order valence-corrected chi connectivity index (χ2v) is 7.22. The van der Waals surface area contributed by atoms with Gasteiger partial charge in [0.05, 0.1) is 5.69 Å². The number of hydrogen-bond acceptors (Lipinski definition) is 6. The number of carbonyl (C=O) groups excluding carboxylic acids is 1. The number of anilines is 1. The van der Waals surface area contributed by atoms with Crippen LogP contribution in [0.1, 0.15) is 18.1 Å². The Bertz CT molecular complexity index is 1140. The van der Waals surface area contributed by atoms with E-state index in [1.165, 1.54) is 18.2 Å². The van der Waals surface area contributed by atoms with Crippen LogP contribution in [0.2, 0.25) is 0 Å². The molecule has 0 amide bonds. The average Bonchev–Trinajstić information content (AvgIpc) is 2.60. The van der Waals surface area contributed by atoms with Crippen LogP contribution < -0.4 is 5.43 Å². The van der Waals surface area contributed by atoms with Gasteiger partial charge in [-0.25, -0.2) is 4.79 Å². The molecule has 0 radical (unpaired) electrons. The molecule has 148 valence electrons. The zero-order valence-corrected chi connectivity index (χ0v) is 16.1. The van der Waals surface area contributed by atoms with Gasteiger partial charge >= 0.3 is 7.40 Å². The van der Waals surface area contributed by atoms with Crippen molar-refractivity contribution in [3.05, 3.63) is 64.7 Å². The minimum atomic E-state index is -4.53. The number of rotatable bonds is 4. The number of nitrogens with one attached hydrogen (secondary N) is 1. The number of hydrogen-bond donors (Lipinski definition) is 3. The van der Waals surface area contributed by atoms with Crippen molar-refractivity contribution in [3.63, 3.8) is 0 Å². The predicted molar refractivity (Wildman–Crippen MR) is 99.3 cm³/mol. The van der Waals surface area contributed by atoms with E-state index in [2.05, 4.69) is 10.5 Å². The van der Waals surface area contributed by atoms with Gasteiger partial charge in [0.1, 0.15) is 16.2 Å². The maximum atomic E-state index is 12.5. The summed E-state index contributed by atoms with van der Waals surface area (Å²) in [5.41, 5.74) is 3.27. The topological polar surface area (TPSA) is 133 Å². The molecular formula is C18H15N2NiO6S+. The van der Waals surface area contributed by atoms with Crippen LogP contribution >= 0.6 is 0 Å². The van der Waals surface area contributed by atoms with Gasteiger partial charge < -0.3 is 5.11 Å². The van der Waals surface area contributed by atoms with E-state index in [9.17, 15) is 27.7 Å². The van der Waals surface area contributed by atoms with Crippen LogP contribution in [0.3, 0.4) is 0 Å². The van der Waals surface area contributed by atoms with Gasteiger partial charge in [0.25, 0.3) is 10.1 Å². The summed E-state index contributed by atoms with van der Waals surface area (Å²) < 4.78 is 32.5. The summed E-state index contributed by atoms with van der Waals surface area (Å²) in [6.45, 7) is 1.65. The minimum Gasteiger partial charge on any atom is -0.478 e. The van der Waals surface area contributed by atoms with Gasteiger partial charge in [-0.2, -0.15) is 13.5 Å². The number of carboxylic acid groups (broad SMARTS) is 1. The second kappa shape index (κ2) is 8.06. The monoisotopic (exact) mass is 445 g/mol. The smallest absolute Gasteiger partial charge is 0.478 e. The molecular weight excluding hydrogens is 431 g/mol. The van der Waals surface area contributed by atoms with Gasteiger partial charge in [-0.1, -0.05) is 30.3 Å². The van der Waals surface area contributed by atoms with Crippen molar-refractivity contribution < 1.29 is 45.6 Å². The van der Waals surface area contributed by atoms with Crippen molar-refractivity contribution in [2.45, 2.75) is 11.8 Å². The van der Waals surface area contributed by atoms with Gasteiger partial charge in [0.15, 0.2) is 0 Å². The zero-order chi connectivity index (χ0) is 19.8. The zero-order valence-electron chi connectivity index (χ0n) is 15.3. The van der Waals surface area contributed by atoms with Crippen LogP contribution in [0.5, 0.6) is 0 Å². The third kappa shape index (κ3) is 4.19. The van der Waals surface area contributed by atoms with Gasteiger partial charge in [-0.3, -0.25) is 14.8 Å². The van der Waals surface area contributed by atoms with E-state index in [1.807, 2.05) is 0 Å². The number of ketones is 1. The van der Waals surface area contributed by atoms with Crippen molar-refractivity contribution in [3.8, 4) is 0 Å². The molecule has 2 aromatic rings. The number of aryl methyl sites for hydroxylation is 1. The molecule has 10 heteroatoms. The third-order valence-corrected chi connectivity index (χ3v) is 4.80. The van der Waals surface area contributed by atoms with E-state index >= 15 is 0 Å². The van der Waals surface area contributed by atoms with Crippen molar-refractivity contribution in [2.24, 2.45) is 5.10 Å². The molecule has 3 N–H and O–H groups in total. The first kappa shape index (κ1) is 21.5. The summed E-state index contributed by atoms with van der Waals surface area (Å²) in [4.78, 5) is 23.4. The molecule has 1 aliphatic rings. The predicted octanol–water partition coefficient (Wildman–Crippen LogP) is 2.22. The number of hydrazone groups is 1. The fraction of sp³-hybridized carbons (Fsp3) is 0.0556. The second-order valence-electron chi connectivity index (χ2n) is 5.83. The summed E-state index contributed by atoms with van der Waals surface area (Å²) in [6.07, 6.45) is 1.26. The van der Waals surface area contributed by atoms with Crippen molar-refractivity contribution in [1.82, 2.24) is 0 Å². The van der Waals surface area contributed by atoms with Crippen LogP contribution in [-0.2, 0) is 36.2 Å². The summed E-state index contributed by atoms with van der Waals surface area (Å²) in [5.74, 6) is -2.20. The molecule has 0 fully saturated rings. The van der Waals surface area contributed by atoms with E-state index in [-0.39, 0.29) is 29.3 Å². The largest absolute Gasteiger partial charge is 1.00 e. The number of Topliss-reactive ketones (excluding diaryl/α,β-unsaturated/α-hetero) is 1. The van der Waals surface area contributed by atoms with Crippen molar-refractivity contribution in [2.75, 3.05) is 5.43 Å². The first-order valence-electron chi connectivity index (χ1n) is 7.69. The number of fused-ring (bicyclic) bond motifs is 1. The molecule has 0 aromatic heterocycles. The summed E-state index contributed by atoms with van der Waals surface area (Å²) >= 11 is 0.